The SMILES string of the molecule is CNC(=O)COc1ccc(C=CC(=O)c2ccc(C(C)(C)C)cc2)cc1OC. The lowest BCUT2D eigenvalue weighted by atomic mass is 9.86. The zero-order valence-electron chi connectivity index (χ0n) is 17.0. The minimum atomic E-state index is -0.228. The minimum absolute atomic E-state index is 0.0512. The van der Waals surface area contributed by atoms with Crippen molar-refractivity contribution in [3.63, 3.8) is 0 Å². The molecule has 0 aromatic heterocycles. The van der Waals surface area contributed by atoms with Crippen molar-refractivity contribution in [1.82, 2.24) is 5.32 Å². The molecular formula is C23H27NO4. The fourth-order valence-corrected chi connectivity index (χ4v) is 2.53. The second-order valence-corrected chi connectivity index (χ2v) is 7.40. The molecule has 0 fully saturated rings. The summed E-state index contributed by atoms with van der Waals surface area (Å²) < 4.78 is 10.8. The fourth-order valence-electron chi connectivity index (χ4n) is 2.53. The Morgan fingerprint density at radius 1 is 1.04 bits per heavy atom. The zero-order valence-corrected chi connectivity index (χ0v) is 17.0. The van der Waals surface area contributed by atoms with Gasteiger partial charge < -0.3 is 14.8 Å². The van der Waals surface area contributed by atoms with Crippen molar-refractivity contribution in [2.75, 3.05) is 20.8 Å². The highest BCUT2D eigenvalue weighted by atomic mass is 16.5. The highest BCUT2D eigenvalue weighted by Gasteiger charge is 2.13. The summed E-state index contributed by atoms with van der Waals surface area (Å²) >= 11 is 0. The van der Waals surface area contributed by atoms with Gasteiger partial charge in [-0.25, -0.2) is 0 Å². The van der Waals surface area contributed by atoms with Crippen LogP contribution in [0.15, 0.2) is 48.5 Å². The molecule has 0 radical (unpaired) electrons. The number of carbonyl (C=O) groups is 2. The lowest BCUT2D eigenvalue weighted by molar-refractivity contribution is -0.122. The van der Waals surface area contributed by atoms with Crippen molar-refractivity contribution >= 4 is 17.8 Å². The topological polar surface area (TPSA) is 64.6 Å². The van der Waals surface area contributed by atoms with Gasteiger partial charge in [0, 0.05) is 12.6 Å². The minimum Gasteiger partial charge on any atom is -0.493 e. The largest absolute Gasteiger partial charge is 0.493 e. The first-order valence-corrected chi connectivity index (χ1v) is 9.09. The summed E-state index contributed by atoms with van der Waals surface area (Å²) in [7, 11) is 3.07. The van der Waals surface area contributed by atoms with Gasteiger partial charge in [0.2, 0.25) is 0 Å². The first-order chi connectivity index (χ1) is 13.2. The lowest BCUT2D eigenvalue weighted by Crippen LogP contribution is -2.24. The van der Waals surface area contributed by atoms with Gasteiger partial charge in [0.25, 0.3) is 5.91 Å². The Hall–Kier alpha value is -3.08. The second kappa shape index (κ2) is 9.22. The number of ketones is 1. The lowest BCUT2D eigenvalue weighted by Gasteiger charge is -2.18. The molecule has 0 spiro atoms. The average Bonchev–Trinajstić information content (AvgIpc) is 2.69. The molecule has 0 aliphatic rings. The number of benzene rings is 2. The van der Waals surface area contributed by atoms with E-state index < -0.39 is 0 Å². The highest BCUT2D eigenvalue weighted by Crippen LogP contribution is 2.28. The molecule has 0 unspecified atom stereocenters. The average molecular weight is 381 g/mol. The molecule has 28 heavy (non-hydrogen) atoms. The molecule has 0 aliphatic heterocycles. The number of carbonyl (C=O) groups excluding carboxylic acids is 2. The quantitative estimate of drug-likeness (QED) is 0.581. The molecule has 5 nitrogen and oxygen atoms in total. The summed E-state index contributed by atoms with van der Waals surface area (Å²) in [6, 6.07) is 12.9. The van der Waals surface area contributed by atoms with Crippen LogP contribution in [0.1, 0.15) is 42.3 Å². The van der Waals surface area contributed by atoms with E-state index in [2.05, 4.69) is 26.1 Å². The smallest absolute Gasteiger partial charge is 0.257 e. The van der Waals surface area contributed by atoms with Crippen LogP contribution in [0.4, 0.5) is 0 Å². The van der Waals surface area contributed by atoms with E-state index >= 15 is 0 Å². The van der Waals surface area contributed by atoms with Crippen LogP contribution in [0.5, 0.6) is 11.5 Å². The Kier molecular flexibility index (Phi) is 6.99. The van der Waals surface area contributed by atoms with Gasteiger partial charge in [-0.2, -0.15) is 0 Å². The van der Waals surface area contributed by atoms with Gasteiger partial charge in [0.15, 0.2) is 23.9 Å². The first-order valence-electron chi connectivity index (χ1n) is 9.09. The Morgan fingerprint density at radius 3 is 2.29 bits per heavy atom. The van der Waals surface area contributed by atoms with E-state index in [1.165, 1.54) is 18.7 Å². The Balaban J connectivity index is 2.10. The van der Waals surface area contributed by atoms with E-state index in [0.717, 1.165) is 5.56 Å². The van der Waals surface area contributed by atoms with Gasteiger partial charge >= 0.3 is 0 Å². The summed E-state index contributed by atoms with van der Waals surface area (Å²) in [4.78, 5) is 23.7. The van der Waals surface area contributed by atoms with E-state index in [0.29, 0.717) is 17.1 Å². The highest BCUT2D eigenvalue weighted by molar-refractivity contribution is 6.06. The number of ether oxygens (including phenoxy) is 2. The molecule has 2 rings (SSSR count). The molecule has 0 atom stereocenters. The van der Waals surface area contributed by atoms with Crippen LogP contribution in [0, 0.1) is 0 Å². The second-order valence-electron chi connectivity index (χ2n) is 7.40. The van der Waals surface area contributed by atoms with E-state index in [9.17, 15) is 9.59 Å². The van der Waals surface area contributed by atoms with E-state index in [1.54, 1.807) is 31.3 Å². The van der Waals surface area contributed by atoms with Crippen molar-refractivity contribution < 1.29 is 19.1 Å². The van der Waals surface area contributed by atoms with Crippen LogP contribution in [-0.4, -0.2) is 32.5 Å². The molecule has 2 aromatic carbocycles. The van der Waals surface area contributed by atoms with Crippen LogP contribution in [0.25, 0.3) is 6.08 Å². The predicted molar refractivity (Wildman–Crippen MR) is 111 cm³/mol. The molecule has 148 valence electrons. The van der Waals surface area contributed by atoms with Crippen LogP contribution in [0.2, 0.25) is 0 Å². The fraction of sp³-hybridized carbons (Fsp3) is 0.304. The molecule has 1 N–H and O–H groups in total. The maximum atomic E-state index is 12.4. The third-order valence-corrected chi connectivity index (χ3v) is 4.29. The Morgan fingerprint density at radius 2 is 1.71 bits per heavy atom. The molecule has 5 heteroatoms. The maximum absolute atomic E-state index is 12.4. The summed E-state index contributed by atoms with van der Waals surface area (Å²) in [5.41, 5.74) is 2.67. The predicted octanol–water partition coefficient (Wildman–Crippen LogP) is 4.01. The van der Waals surface area contributed by atoms with Crippen molar-refractivity contribution in [2.45, 2.75) is 26.2 Å². The number of rotatable bonds is 7. The Bertz CT molecular complexity index is 861. The third-order valence-electron chi connectivity index (χ3n) is 4.29. The molecule has 0 heterocycles. The van der Waals surface area contributed by atoms with Crippen molar-refractivity contribution in [3.8, 4) is 11.5 Å². The number of hydrogen-bond donors (Lipinski definition) is 1. The number of methoxy groups -OCH3 is 1. The van der Waals surface area contributed by atoms with Crippen LogP contribution in [-0.2, 0) is 10.2 Å². The molecule has 0 aliphatic carbocycles. The van der Waals surface area contributed by atoms with E-state index in [1.807, 2.05) is 24.3 Å². The van der Waals surface area contributed by atoms with Crippen molar-refractivity contribution in [1.29, 1.82) is 0 Å². The van der Waals surface area contributed by atoms with Gasteiger partial charge in [-0.3, -0.25) is 9.59 Å². The normalized spacial score (nSPS) is 11.3. The first kappa shape index (κ1) is 21.2. The molecule has 2 aromatic rings. The number of hydrogen-bond acceptors (Lipinski definition) is 4. The monoisotopic (exact) mass is 381 g/mol. The van der Waals surface area contributed by atoms with Gasteiger partial charge in [-0.15, -0.1) is 0 Å². The molecule has 1 amide bonds. The van der Waals surface area contributed by atoms with E-state index in [-0.39, 0.29) is 23.7 Å². The van der Waals surface area contributed by atoms with Crippen LogP contribution >= 0.6 is 0 Å². The van der Waals surface area contributed by atoms with Gasteiger partial charge in [-0.05, 0) is 34.8 Å². The van der Waals surface area contributed by atoms with Gasteiger partial charge in [0.1, 0.15) is 0 Å². The number of amides is 1. The molecule has 0 saturated heterocycles. The van der Waals surface area contributed by atoms with Crippen molar-refractivity contribution in [2.24, 2.45) is 0 Å². The maximum Gasteiger partial charge on any atom is 0.257 e. The number of likely N-dealkylation sites (N-methyl/N-ethyl adjacent to an activating group) is 1. The summed E-state index contributed by atoms with van der Waals surface area (Å²) in [5, 5.41) is 2.49. The summed E-state index contributed by atoms with van der Waals surface area (Å²) in [5.74, 6) is 0.661. The van der Waals surface area contributed by atoms with Gasteiger partial charge in [-0.1, -0.05) is 57.2 Å². The van der Waals surface area contributed by atoms with Crippen molar-refractivity contribution in [3.05, 3.63) is 65.2 Å². The van der Waals surface area contributed by atoms with E-state index in [4.69, 9.17) is 9.47 Å². The van der Waals surface area contributed by atoms with Crippen LogP contribution in [0.3, 0.4) is 0 Å². The zero-order chi connectivity index (χ0) is 20.7. The third kappa shape index (κ3) is 5.71. The van der Waals surface area contributed by atoms with Crippen LogP contribution < -0.4 is 14.8 Å². The number of nitrogens with one attached hydrogen (secondary N) is 1. The molecule has 0 bridgehead atoms. The number of allylic oxidation sites excluding steroid dienone is 1. The summed E-state index contributed by atoms with van der Waals surface area (Å²) in [6.45, 7) is 6.32. The van der Waals surface area contributed by atoms with Gasteiger partial charge in [0.05, 0.1) is 7.11 Å². The standard InChI is InChI=1S/C23H27NO4/c1-23(2,3)18-10-8-17(9-11-18)19(25)12-6-16-7-13-20(21(14-16)27-5)28-15-22(26)24-4/h6-14H,15H2,1-5H3,(H,24,26). The molecule has 0 saturated carbocycles. The summed E-state index contributed by atoms with van der Waals surface area (Å²) in [6.07, 6.45) is 3.26. The molecular weight excluding hydrogens is 354 g/mol. The Labute approximate surface area is 166 Å².